The molecule has 11 heavy (non-hydrogen) atoms. The molecule has 1 radical (unpaired) electrons. The Hall–Kier alpha value is -0.760. The Morgan fingerprint density at radius 2 is 2.45 bits per heavy atom. The highest BCUT2D eigenvalue weighted by Crippen LogP contribution is 2.02. The van der Waals surface area contributed by atoms with E-state index in [4.69, 9.17) is 0 Å². The van der Waals surface area contributed by atoms with Crippen molar-refractivity contribution in [1.29, 1.82) is 0 Å². The zero-order valence-corrected chi connectivity index (χ0v) is 7.23. The predicted molar refractivity (Wildman–Crippen MR) is 46.5 cm³/mol. The van der Waals surface area contributed by atoms with Crippen LogP contribution in [0.25, 0.3) is 0 Å². The molecule has 0 bridgehead atoms. The molecule has 0 spiro atoms. The third kappa shape index (κ3) is 2.76. The van der Waals surface area contributed by atoms with Crippen molar-refractivity contribution in [2.75, 3.05) is 0 Å². The molecule has 0 heterocycles. The van der Waals surface area contributed by atoms with E-state index in [1.54, 1.807) is 0 Å². The van der Waals surface area contributed by atoms with Crippen LogP contribution in [-0.4, -0.2) is 5.25 Å². The van der Waals surface area contributed by atoms with Crippen molar-refractivity contribution in [1.82, 2.24) is 0 Å². The van der Waals surface area contributed by atoms with Gasteiger partial charge in [-0.25, -0.2) is 0 Å². The van der Waals surface area contributed by atoms with Gasteiger partial charge in [-0.3, -0.25) is 0 Å². The summed E-state index contributed by atoms with van der Waals surface area (Å²) < 4.78 is 10.3. The fraction of sp³-hybridized carbons (Fsp3) is 0.333. The first-order valence-electron chi connectivity index (χ1n) is 3.57. The van der Waals surface area contributed by atoms with E-state index >= 15 is 0 Å². The monoisotopic (exact) mass is 166 g/mol. The van der Waals surface area contributed by atoms with Crippen LogP contribution in [-0.2, 0) is 22.3 Å². The lowest BCUT2D eigenvalue weighted by atomic mass is 10.1. The number of rotatable bonds is 3. The van der Waals surface area contributed by atoms with Crippen molar-refractivity contribution in [3.63, 3.8) is 0 Å². The molecule has 0 aromatic heterocycles. The van der Waals surface area contributed by atoms with Gasteiger partial charge in [0.2, 0.25) is 5.25 Å². The molecule has 57 valence electrons. The standard InChI is InChI=1S/C9H10OS/c1-8(11-10)7-9-5-3-2-4-6-9/h2-5,8H,7H2,1H3/q+1. The van der Waals surface area contributed by atoms with Gasteiger partial charge in [-0.15, -0.1) is 0 Å². The van der Waals surface area contributed by atoms with Gasteiger partial charge in [-0.05, 0) is 18.6 Å². The van der Waals surface area contributed by atoms with Gasteiger partial charge < -0.3 is 0 Å². The van der Waals surface area contributed by atoms with Crippen molar-refractivity contribution in [2.24, 2.45) is 0 Å². The van der Waals surface area contributed by atoms with Crippen LogP contribution in [0, 0.1) is 6.07 Å². The van der Waals surface area contributed by atoms with E-state index in [0.29, 0.717) is 11.7 Å². The van der Waals surface area contributed by atoms with Crippen LogP contribution in [0.3, 0.4) is 0 Å². The Kier molecular flexibility index (Phi) is 3.17. The van der Waals surface area contributed by atoms with Crippen LogP contribution in [0.1, 0.15) is 12.5 Å². The molecule has 1 rings (SSSR count). The maximum absolute atomic E-state index is 10.3. The average molecular weight is 166 g/mol. The molecule has 0 fully saturated rings. The highest BCUT2D eigenvalue weighted by molar-refractivity contribution is 7.66. The summed E-state index contributed by atoms with van der Waals surface area (Å²) in [5.74, 6) is 0. The Morgan fingerprint density at radius 1 is 1.64 bits per heavy atom. The lowest BCUT2D eigenvalue weighted by Gasteiger charge is -1.93. The molecule has 0 saturated carbocycles. The third-order valence-corrected chi connectivity index (χ3v) is 1.94. The van der Waals surface area contributed by atoms with Crippen molar-refractivity contribution in [2.45, 2.75) is 18.6 Å². The van der Waals surface area contributed by atoms with Crippen molar-refractivity contribution in [3.05, 3.63) is 35.9 Å². The second-order valence-electron chi connectivity index (χ2n) is 2.50. The molecule has 0 saturated heterocycles. The Morgan fingerprint density at radius 3 is 3.00 bits per heavy atom. The largest absolute Gasteiger partial charge is 0.462 e. The fourth-order valence-corrected chi connectivity index (χ4v) is 1.15. The van der Waals surface area contributed by atoms with Crippen LogP contribution in [0.15, 0.2) is 24.3 Å². The maximum atomic E-state index is 10.3. The smallest absolute Gasteiger partial charge is 0.0619 e. The number of hydrogen-bond acceptors (Lipinski definition) is 1. The summed E-state index contributed by atoms with van der Waals surface area (Å²) >= 11 is 0.650. The summed E-state index contributed by atoms with van der Waals surface area (Å²) in [5.41, 5.74) is 1.11. The molecular formula is C9H10OS+. The third-order valence-electron chi connectivity index (χ3n) is 1.45. The van der Waals surface area contributed by atoms with Crippen LogP contribution >= 0.6 is 0 Å². The minimum absolute atomic E-state index is 0.147. The molecule has 1 nitrogen and oxygen atoms in total. The first-order chi connectivity index (χ1) is 5.33. The normalized spacial score (nSPS) is 12.5. The Bertz CT molecular complexity index is 220. The molecule has 0 aliphatic carbocycles. The van der Waals surface area contributed by atoms with Gasteiger partial charge in [0.05, 0.1) is 0 Å². The molecule has 1 aromatic carbocycles. The van der Waals surface area contributed by atoms with Crippen LogP contribution in [0.4, 0.5) is 0 Å². The SMILES string of the molecule is CC(Cc1[c]cccc1)[S+]=O. The summed E-state index contributed by atoms with van der Waals surface area (Å²) in [6, 6.07) is 10.8. The second kappa shape index (κ2) is 4.19. The summed E-state index contributed by atoms with van der Waals surface area (Å²) in [4.78, 5) is 0. The minimum Gasteiger partial charge on any atom is -0.0619 e. The highest BCUT2D eigenvalue weighted by Gasteiger charge is 2.13. The number of benzene rings is 1. The van der Waals surface area contributed by atoms with E-state index in [1.165, 1.54) is 0 Å². The van der Waals surface area contributed by atoms with E-state index in [0.717, 1.165) is 12.0 Å². The maximum Gasteiger partial charge on any atom is 0.462 e. The summed E-state index contributed by atoms with van der Waals surface area (Å²) in [6.45, 7) is 1.93. The molecule has 1 aromatic rings. The second-order valence-corrected chi connectivity index (χ2v) is 3.50. The molecule has 0 aliphatic rings. The fourth-order valence-electron chi connectivity index (χ4n) is 0.901. The molecule has 0 amide bonds. The van der Waals surface area contributed by atoms with Crippen LogP contribution < -0.4 is 0 Å². The predicted octanol–water partition coefficient (Wildman–Crippen LogP) is 1.85. The van der Waals surface area contributed by atoms with Gasteiger partial charge in [0, 0.05) is 10.6 Å². The van der Waals surface area contributed by atoms with E-state index in [2.05, 4.69) is 6.07 Å². The average Bonchev–Trinajstić information content (AvgIpc) is 2.06. The minimum atomic E-state index is 0.147. The summed E-state index contributed by atoms with van der Waals surface area (Å²) in [5, 5.41) is 0.147. The number of hydrogen-bond donors (Lipinski definition) is 0. The molecular weight excluding hydrogens is 156 g/mol. The van der Waals surface area contributed by atoms with Gasteiger partial charge >= 0.3 is 11.7 Å². The topological polar surface area (TPSA) is 17.1 Å². The van der Waals surface area contributed by atoms with E-state index in [9.17, 15) is 4.21 Å². The van der Waals surface area contributed by atoms with Crippen molar-refractivity contribution < 1.29 is 4.21 Å². The molecule has 0 N–H and O–H groups in total. The van der Waals surface area contributed by atoms with Gasteiger partial charge in [-0.1, -0.05) is 24.3 Å². The molecule has 1 unspecified atom stereocenters. The van der Waals surface area contributed by atoms with E-state index in [-0.39, 0.29) is 5.25 Å². The van der Waals surface area contributed by atoms with Crippen LogP contribution in [0.5, 0.6) is 0 Å². The summed E-state index contributed by atoms with van der Waals surface area (Å²) in [7, 11) is 0. The Labute approximate surface area is 70.9 Å². The lowest BCUT2D eigenvalue weighted by molar-refractivity contribution is 0.599. The van der Waals surface area contributed by atoms with Gasteiger partial charge in [0.25, 0.3) is 0 Å². The van der Waals surface area contributed by atoms with Crippen LogP contribution in [0.2, 0.25) is 0 Å². The Balaban J connectivity index is 2.57. The quantitative estimate of drug-likeness (QED) is 0.626. The lowest BCUT2D eigenvalue weighted by Crippen LogP contribution is -2.03. The first-order valence-corrected chi connectivity index (χ1v) is 4.37. The van der Waals surface area contributed by atoms with E-state index < -0.39 is 0 Å². The van der Waals surface area contributed by atoms with Gasteiger partial charge in [0.1, 0.15) is 0 Å². The van der Waals surface area contributed by atoms with Crippen molar-refractivity contribution in [3.8, 4) is 0 Å². The van der Waals surface area contributed by atoms with Gasteiger partial charge in [0.15, 0.2) is 0 Å². The van der Waals surface area contributed by atoms with E-state index in [1.807, 2.05) is 31.2 Å². The molecule has 2 heteroatoms. The van der Waals surface area contributed by atoms with Gasteiger partial charge in [-0.2, -0.15) is 0 Å². The zero-order valence-electron chi connectivity index (χ0n) is 6.41. The van der Waals surface area contributed by atoms with Crippen molar-refractivity contribution >= 4 is 11.7 Å². The summed E-state index contributed by atoms with van der Waals surface area (Å²) in [6.07, 6.45) is 0.814. The first kappa shape index (κ1) is 8.34. The molecule has 1 atom stereocenters. The zero-order chi connectivity index (χ0) is 8.10. The molecule has 0 aliphatic heterocycles. The highest BCUT2D eigenvalue weighted by atomic mass is 32.1.